The van der Waals surface area contributed by atoms with E-state index in [0.717, 1.165) is 22.3 Å². The number of rotatable bonds is 4. The zero-order valence-corrected chi connectivity index (χ0v) is 24.7. The van der Waals surface area contributed by atoms with Gasteiger partial charge in [-0.3, -0.25) is 19.2 Å². The fourth-order valence-electron chi connectivity index (χ4n) is 7.61. The smallest absolute Gasteiger partial charge is 0.316 e. The molecule has 9 heteroatoms. The van der Waals surface area contributed by atoms with Crippen LogP contribution in [0, 0.1) is 17.8 Å². The highest BCUT2D eigenvalue weighted by Gasteiger charge is 2.61. The lowest BCUT2D eigenvalue weighted by molar-refractivity contribution is -0.139. The zero-order valence-electron chi connectivity index (χ0n) is 23.2. The molecule has 2 saturated heterocycles. The van der Waals surface area contributed by atoms with Crippen LogP contribution in [0.2, 0.25) is 10.0 Å². The molecule has 2 bridgehead atoms. The van der Waals surface area contributed by atoms with Crippen LogP contribution < -0.4 is 14.5 Å². The quantitative estimate of drug-likeness (QED) is 0.150. The molecule has 0 N–H and O–H groups in total. The van der Waals surface area contributed by atoms with Crippen molar-refractivity contribution in [3.8, 4) is 5.75 Å². The topological polar surface area (TPSA) is 84.0 Å². The molecule has 0 spiro atoms. The van der Waals surface area contributed by atoms with Crippen molar-refractivity contribution in [1.82, 2.24) is 0 Å². The summed E-state index contributed by atoms with van der Waals surface area (Å²) in [5.74, 6) is -3.36. The van der Waals surface area contributed by atoms with Crippen LogP contribution in [0.15, 0.2) is 91.0 Å². The highest BCUT2D eigenvalue weighted by atomic mass is 35.5. The normalized spacial score (nSPS) is 24.8. The van der Waals surface area contributed by atoms with Gasteiger partial charge in [0.2, 0.25) is 17.7 Å². The number of carbonyl (C=O) groups is 4. The Morgan fingerprint density at radius 1 is 0.727 bits per heavy atom. The van der Waals surface area contributed by atoms with E-state index in [9.17, 15) is 19.2 Å². The average Bonchev–Trinajstić information content (AvgIpc) is 3.55. The molecule has 218 valence electrons. The van der Waals surface area contributed by atoms with Gasteiger partial charge < -0.3 is 9.64 Å². The number of carbonyl (C=O) groups excluding carboxylic acids is 4. The molecule has 7 nitrogen and oxygen atoms in total. The predicted octanol–water partition coefficient (Wildman–Crippen LogP) is 6.35. The van der Waals surface area contributed by atoms with Gasteiger partial charge in [-0.15, -0.1) is 0 Å². The van der Waals surface area contributed by atoms with E-state index in [1.54, 1.807) is 36.4 Å². The minimum atomic E-state index is -0.730. The van der Waals surface area contributed by atoms with Gasteiger partial charge in [0.05, 0.1) is 34.2 Å². The second-order valence-corrected chi connectivity index (χ2v) is 12.5. The number of nitrogens with zero attached hydrogens (tertiary/aromatic N) is 2. The summed E-state index contributed by atoms with van der Waals surface area (Å²) in [7, 11) is 0. The van der Waals surface area contributed by atoms with Crippen molar-refractivity contribution in [1.29, 1.82) is 0 Å². The van der Waals surface area contributed by atoms with Gasteiger partial charge in [0.15, 0.2) is 0 Å². The summed E-state index contributed by atoms with van der Waals surface area (Å²) in [6.07, 6.45) is -0.0439. The molecule has 2 fully saturated rings. The Labute approximate surface area is 262 Å². The van der Waals surface area contributed by atoms with Gasteiger partial charge in [0, 0.05) is 35.9 Å². The maximum atomic E-state index is 14.1. The van der Waals surface area contributed by atoms with E-state index in [1.807, 2.05) is 24.3 Å². The molecular formula is C35H24Cl2N2O5. The lowest BCUT2D eigenvalue weighted by Crippen LogP contribution is -2.41. The first-order chi connectivity index (χ1) is 21.3. The molecule has 3 aliphatic carbocycles. The maximum absolute atomic E-state index is 14.1. The first-order valence-electron chi connectivity index (χ1n) is 14.4. The number of amides is 3. The number of benzene rings is 4. The second-order valence-electron chi connectivity index (χ2n) is 11.7. The Morgan fingerprint density at radius 2 is 1.32 bits per heavy atom. The van der Waals surface area contributed by atoms with E-state index < -0.39 is 23.7 Å². The van der Waals surface area contributed by atoms with Crippen LogP contribution in [0.4, 0.5) is 11.4 Å². The lowest BCUT2D eigenvalue weighted by Gasteiger charge is -2.45. The Bertz CT molecular complexity index is 1810. The number of hydrogen-bond acceptors (Lipinski definition) is 5. The van der Waals surface area contributed by atoms with Gasteiger partial charge in [-0.2, -0.15) is 0 Å². The first-order valence-corrected chi connectivity index (χ1v) is 15.2. The van der Waals surface area contributed by atoms with E-state index in [-0.39, 0.29) is 48.3 Å². The molecule has 0 saturated carbocycles. The molecule has 0 unspecified atom stereocenters. The van der Waals surface area contributed by atoms with Crippen molar-refractivity contribution < 1.29 is 23.9 Å². The Balaban J connectivity index is 1.06. The van der Waals surface area contributed by atoms with Crippen molar-refractivity contribution >= 4 is 58.3 Å². The highest BCUT2D eigenvalue weighted by Crippen LogP contribution is 2.61. The fraction of sp³-hybridized carbons (Fsp3) is 0.200. The third-order valence-electron chi connectivity index (χ3n) is 9.40. The molecule has 2 heterocycles. The number of esters is 1. The molecule has 5 aliphatic rings. The molecule has 0 aromatic heterocycles. The standard InChI is InChI=1S/C35H24Cl2N2O5/c36-19-12-13-26(37)27(15-19)38-17-18(14-28(38)40)35(43)44-21-7-5-6-20(16-21)39-33(41)31-29-22-8-1-2-9-23(22)30(32(31)34(39)42)25-11-4-3-10-24(25)29/h1-13,15-16,18,29-32H,14,17H2/t18-,29?,30?,31-,32-/m1/s1. The van der Waals surface area contributed by atoms with E-state index in [0.29, 0.717) is 21.4 Å². The van der Waals surface area contributed by atoms with E-state index >= 15 is 0 Å². The van der Waals surface area contributed by atoms with Crippen LogP contribution in [-0.2, 0) is 19.2 Å². The molecule has 4 aromatic carbocycles. The third kappa shape index (κ3) is 3.96. The van der Waals surface area contributed by atoms with Crippen molar-refractivity contribution in [3.05, 3.63) is 123 Å². The van der Waals surface area contributed by atoms with Gasteiger partial charge in [0.25, 0.3) is 0 Å². The Morgan fingerprint density at radius 3 is 1.91 bits per heavy atom. The Kier molecular flexibility index (Phi) is 6.19. The first kappa shape index (κ1) is 27.1. The van der Waals surface area contributed by atoms with Crippen LogP contribution in [0.1, 0.15) is 40.5 Å². The fourth-order valence-corrected chi connectivity index (χ4v) is 7.99. The molecule has 4 aromatic rings. The minimum absolute atomic E-state index is 0.0439. The maximum Gasteiger partial charge on any atom is 0.316 e. The molecule has 3 amide bonds. The summed E-state index contributed by atoms with van der Waals surface area (Å²) in [6, 6.07) is 27.5. The van der Waals surface area contributed by atoms with Crippen LogP contribution in [-0.4, -0.2) is 30.2 Å². The number of ether oxygens (including phenoxy) is 1. The van der Waals surface area contributed by atoms with Crippen LogP contribution in [0.3, 0.4) is 0 Å². The average molecular weight is 623 g/mol. The van der Waals surface area contributed by atoms with Crippen LogP contribution in [0.5, 0.6) is 5.75 Å². The lowest BCUT2D eigenvalue weighted by atomic mass is 9.55. The molecule has 0 radical (unpaired) electrons. The molecule has 9 rings (SSSR count). The molecule has 3 atom stereocenters. The SMILES string of the molecule is O=C(Oc1cccc(N2C(=O)[C@@H]3C4c5ccccc5C(c5ccccc54)[C@H]3C2=O)c1)[C@@H]1CC(=O)N(c2cc(Cl)ccc2Cl)C1. The number of anilines is 2. The van der Waals surface area contributed by atoms with Gasteiger partial charge in [-0.1, -0.05) is 77.8 Å². The summed E-state index contributed by atoms with van der Waals surface area (Å²) in [5, 5.41) is 0.774. The van der Waals surface area contributed by atoms with Gasteiger partial charge in [-0.25, -0.2) is 4.90 Å². The van der Waals surface area contributed by atoms with Crippen molar-refractivity contribution in [2.45, 2.75) is 18.3 Å². The van der Waals surface area contributed by atoms with Crippen molar-refractivity contribution in [3.63, 3.8) is 0 Å². The highest BCUT2D eigenvalue weighted by molar-refractivity contribution is 6.36. The van der Waals surface area contributed by atoms with Crippen molar-refractivity contribution in [2.24, 2.45) is 17.8 Å². The summed E-state index contributed by atoms with van der Waals surface area (Å²) in [6.45, 7) is 0.0910. The minimum Gasteiger partial charge on any atom is -0.426 e. The van der Waals surface area contributed by atoms with Gasteiger partial charge in [-0.05, 0) is 52.6 Å². The van der Waals surface area contributed by atoms with Gasteiger partial charge >= 0.3 is 5.97 Å². The summed E-state index contributed by atoms with van der Waals surface area (Å²) in [5.41, 5.74) is 5.18. The predicted molar refractivity (Wildman–Crippen MR) is 165 cm³/mol. The monoisotopic (exact) mass is 622 g/mol. The third-order valence-corrected chi connectivity index (χ3v) is 9.95. The largest absolute Gasteiger partial charge is 0.426 e. The van der Waals surface area contributed by atoms with Crippen LogP contribution >= 0.6 is 23.2 Å². The van der Waals surface area contributed by atoms with Crippen molar-refractivity contribution in [2.75, 3.05) is 16.3 Å². The summed E-state index contributed by atoms with van der Waals surface area (Å²) in [4.78, 5) is 56.9. The number of imide groups is 1. The molecule has 44 heavy (non-hydrogen) atoms. The summed E-state index contributed by atoms with van der Waals surface area (Å²) < 4.78 is 5.70. The zero-order chi connectivity index (χ0) is 30.3. The van der Waals surface area contributed by atoms with Gasteiger partial charge in [0.1, 0.15) is 5.75 Å². The van der Waals surface area contributed by atoms with E-state index in [1.165, 1.54) is 15.9 Å². The van der Waals surface area contributed by atoms with E-state index in [2.05, 4.69) is 24.3 Å². The number of hydrogen-bond donors (Lipinski definition) is 0. The molecular weight excluding hydrogens is 599 g/mol. The second kappa shape index (κ2) is 10.0. The molecule has 2 aliphatic heterocycles. The number of halogens is 2. The van der Waals surface area contributed by atoms with E-state index in [4.69, 9.17) is 27.9 Å². The summed E-state index contributed by atoms with van der Waals surface area (Å²) >= 11 is 12.4. The van der Waals surface area contributed by atoms with Crippen LogP contribution in [0.25, 0.3) is 0 Å². The Hall–Kier alpha value is -4.46.